The second-order valence-corrected chi connectivity index (χ2v) is 9.39. The van der Waals surface area contributed by atoms with Crippen LogP contribution >= 0.6 is 43.2 Å². The van der Waals surface area contributed by atoms with Crippen molar-refractivity contribution in [2.24, 2.45) is 5.41 Å². The molecule has 2 heterocycles. The molecule has 0 amide bonds. The van der Waals surface area contributed by atoms with Crippen LogP contribution in [0, 0.1) is 5.41 Å². The minimum atomic E-state index is 0.163. The van der Waals surface area contributed by atoms with Crippen LogP contribution in [-0.2, 0) is 13.1 Å². The van der Waals surface area contributed by atoms with Crippen LogP contribution in [0.3, 0.4) is 0 Å². The Morgan fingerprint density at radius 2 is 2.04 bits per heavy atom. The van der Waals surface area contributed by atoms with Gasteiger partial charge >= 0.3 is 0 Å². The van der Waals surface area contributed by atoms with Gasteiger partial charge in [-0.2, -0.15) is 0 Å². The van der Waals surface area contributed by atoms with Crippen molar-refractivity contribution in [1.82, 2.24) is 15.0 Å². The number of rotatable bonds is 4. The van der Waals surface area contributed by atoms with E-state index >= 15 is 0 Å². The van der Waals surface area contributed by atoms with Crippen molar-refractivity contribution in [3.63, 3.8) is 0 Å². The predicted octanol–water partition coefficient (Wildman–Crippen LogP) is 5.68. The zero-order valence-electron chi connectivity index (χ0n) is 13.2. The Morgan fingerprint density at radius 1 is 1.26 bits per heavy atom. The quantitative estimate of drug-likeness (QED) is 0.548. The Balaban J connectivity index is 1.84. The third kappa shape index (κ3) is 3.95. The van der Waals surface area contributed by atoms with E-state index in [-0.39, 0.29) is 5.41 Å². The molecule has 0 spiro atoms. The Bertz CT molecular complexity index is 832. The summed E-state index contributed by atoms with van der Waals surface area (Å²) in [5, 5.41) is 14.2. The average molecular weight is 458 g/mol. The summed E-state index contributed by atoms with van der Waals surface area (Å²) in [5.74, 6) is 0. The van der Waals surface area contributed by atoms with E-state index in [2.05, 4.69) is 91.8 Å². The standard InChI is InChI=1S/C16H18Br2N4S/c1-16(2,3)9-22-13-5-4-12(14(18)15(13)20-21-22)19-7-11-6-10(17)8-23-11/h4-6,8,19H,7,9H2,1-3H3. The van der Waals surface area contributed by atoms with Gasteiger partial charge in [-0.1, -0.05) is 26.0 Å². The van der Waals surface area contributed by atoms with Gasteiger partial charge in [0, 0.05) is 27.8 Å². The number of nitrogens with zero attached hydrogens (tertiary/aromatic N) is 3. The van der Waals surface area contributed by atoms with Crippen LogP contribution in [0.2, 0.25) is 0 Å². The number of thiophene rings is 1. The van der Waals surface area contributed by atoms with Crippen molar-refractivity contribution in [2.75, 3.05) is 5.32 Å². The molecule has 1 N–H and O–H groups in total. The molecule has 0 fully saturated rings. The molecule has 23 heavy (non-hydrogen) atoms. The first-order chi connectivity index (χ1) is 10.8. The normalized spacial score (nSPS) is 12.0. The fourth-order valence-corrected chi connectivity index (χ4v) is 4.28. The van der Waals surface area contributed by atoms with Crippen molar-refractivity contribution in [3.05, 3.63) is 37.4 Å². The Kier molecular flexibility index (Phi) is 4.80. The average Bonchev–Trinajstić information content (AvgIpc) is 3.04. The van der Waals surface area contributed by atoms with Crippen molar-refractivity contribution < 1.29 is 0 Å². The molecular weight excluding hydrogens is 440 g/mol. The molecule has 1 aromatic carbocycles. The van der Waals surface area contributed by atoms with Crippen LogP contribution in [0.4, 0.5) is 5.69 Å². The number of hydrogen-bond donors (Lipinski definition) is 1. The molecule has 7 heteroatoms. The number of nitrogens with one attached hydrogen (secondary N) is 1. The van der Waals surface area contributed by atoms with Crippen molar-refractivity contribution in [2.45, 2.75) is 33.9 Å². The molecule has 0 atom stereocenters. The fourth-order valence-electron chi connectivity index (χ4n) is 2.34. The number of fused-ring (bicyclic) bond motifs is 1. The van der Waals surface area contributed by atoms with Gasteiger partial charge in [-0.3, -0.25) is 0 Å². The van der Waals surface area contributed by atoms with E-state index in [0.29, 0.717) is 0 Å². The molecule has 4 nitrogen and oxygen atoms in total. The third-order valence-electron chi connectivity index (χ3n) is 3.32. The maximum atomic E-state index is 4.34. The lowest BCUT2D eigenvalue weighted by Crippen LogP contribution is -2.16. The SMILES string of the molecule is CC(C)(C)Cn1nnc2c(Br)c(NCc3cc(Br)cs3)ccc21. The van der Waals surface area contributed by atoms with E-state index < -0.39 is 0 Å². The van der Waals surface area contributed by atoms with Gasteiger partial charge in [0.2, 0.25) is 0 Å². The summed E-state index contributed by atoms with van der Waals surface area (Å²) in [4.78, 5) is 1.28. The van der Waals surface area contributed by atoms with Gasteiger partial charge in [0.1, 0.15) is 5.52 Å². The maximum Gasteiger partial charge on any atom is 0.129 e. The van der Waals surface area contributed by atoms with Crippen molar-refractivity contribution in [3.8, 4) is 0 Å². The topological polar surface area (TPSA) is 42.7 Å². The molecule has 0 bridgehead atoms. The predicted molar refractivity (Wildman–Crippen MR) is 104 cm³/mol. The van der Waals surface area contributed by atoms with Crippen LogP contribution in [0.5, 0.6) is 0 Å². The molecule has 0 saturated heterocycles. The summed E-state index contributed by atoms with van der Waals surface area (Å²) in [7, 11) is 0. The fraction of sp³-hybridized carbons (Fsp3) is 0.375. The van der Waals surface area contributed by atoms with Gasteiger partial charge in [-0.25, -0.2) is 4.68 Å². The minimum absolute atomic E-state index is 0.163. The van der Waals surface area contributed by atoms with Gasteiger partial charge in [0.15, 0.2) is 0 Å². The number of aromatic nitrogens is 3. The van der Waals surface area contributed by atoms with Crippen LogP contribution in [0.25, 0.3) is 11.0 Å². The zero-order chi connectivity index (χ0) is 16.6. The second kappa shape index (κ2) is 6.53. The third-order valence-corrected chi connectivity index (χ3v) is 5.82. The number of halogens is 2. The second-order valence-electron chi connectivity index (χ2n) is 6.69. The highest BCUT2D eigenvalue weighted by atomic mass is 79.9. The van der Waals surface area contributed by atoms with Crippen LogP contribution in [0.1, 0.15) is 25.6 Å². The lowest BCUT2D eigenvalue weighted by atomic mass is 9.97. The molecular formula is C16H18Br2N4S. The highest BCUT2D eigenvalue weighted by molar-refractivity contribution is 9.11. The first-order valence-electron chi connectivity index (χ1n) is 7.32. The zero-order valence-corrected chi connectivity index (χ0v) is 17.2. The molecule has 0 aliphatic heterocycles. The van der Waals surface area contributed by atoms with E-state index in [1.807, 2.05) is 4.68 Å². The van der Waals surface area contributed by atoms with Crippen LogP contribution < -0.4 is 5.32 Å². The summed E-state index contributed by atoms with van der Waals surface area (Å²) >= 11 is 8.89. The van der Waals surface area contributed by atoms with Gasteiger partial charge < -0.3 is 5.32 Å². The van der Waals surface area contributed by atoms with E-state index in [4.69, 9.17) is 0 Å². The summed E-state index contributed by atoms with van der Waals surface area (Å²) in [5.41, 5.74) is 3.14. The maximum absolute atomic E-state index is 4.34. The summed E-state index contributed by atoms with van der Waals surface area (Å²) < 4.78 is 4.06. The highest BCUT2D eigenvalue weighted by Gasteiger charge is 2.17. The monoisotopic (exact) mass is 456 g/mol. The first-order valence-corrected chi connectivity index (χ1v) is 9.78. The van der Waals surface area contributed by atoms with Crippen LogP contribution in [-0.4, -0.2) is 15.0 Å². The molecule has 0 aliphatic carbocycles. The van der Waals surface area contributed by atoms with Crippen LogP contribution in [0.15, 0.2) is 32.5 Å². The first kappa shape index (κ1) is 16.9. The van der Waals surface area contributed by atoms with Gasteiger partial charge in [0.05, 0.1) is 15.7 Å². The van der Waals surface area contributed by atoms with Crippen molar-refractivity contribution >= 4 is 59.9 Å². The number of anilines is 1. The Morgan fingerprint density at radius 3 is 2.70 bits per heavy atom. The van der Waals surface area contributed by atoms with Gasteiger partial charge in [-0.15, -0.1) is 16.4 Å². The molecule has 0 saturated carbocycles. The van der Waals surface area contributed by atoms with Gasteiger partial charge in [-0.05, 0) is 55.5 Å². The molecule has 122 valence electrons. The molecule has 2 aromatic heterocycles. The number of benzene rings is 1. The number of hydrogen-bond acceptors (Lipinski definition) is 4. The lowest BCUT2D eigenvalue weighted by Gasteiger charge is -2.18. The van der Waals surface area contributed by atoms with E-state index in [9.17, 15) is 0 Å². The Labute approximate surface area is 156 Å². The smallest absolute Gasteiger partial charge is 0.129 e. The van der Waals surface area contributed by atoms with E-state index in [1.54, 1.807) is 11.3 Å². The summed E-state index contributed by atoms with van der Waals surface area (Å²) in [6, 6.07) is 6.29. The largest absolute Gasteiger partial charge is 0.379 e. The molecule has 0 aliphatic rings. The van der Waals surface area contributed by atoms with E-state index in [0.717, 1.165) is 38.8 Å². The highest BCUT2D eigenvalue weighted by Crippen LogP contribution is 2.31. The molecule has 3 aromatic rings. The molecule has 3 rings (SSSR count). The minimum Gasteiger partial charge on any atom is -0.379 e. The summed E-state index contributed by atoms with van der Waals surface area (Å²) in [6.07, 6.45) is 0. The van der Waals surface area contributed by atoms with Crippen molar-refractivity contribution in [1.29, 1.82) is 0 Å². The van der Waals surface area contributed by atoms with E-state index in [1.165, 1.54) is 4.88 Å². The lowest BCUT2D eigenvalue weighted by molar-refractivity contribution is 0.327. The Hall–Kier alpha value is -0.920. The molecule has 0 radical (unpaired) electrons. The molecule has 0 unspecified atom stereocenters. The summed E-state index contributed by atoms with van der Waals surface area (Å²) in [6.45, 7) is 8.22. The van der Waals surface area contributed by atoms with Gasteiger partial charge in [0.25, 0.3) is 0 Å².